The summed E-state index contributed by atoms with van der Waals surface area (Å²) in [4.78, 5) is 32.4. The zero-order valence-corrected chi connectivity index (χ0v) is 14.5. The quantitative estimate of drug-likeness (QED) is 0.467. The minimum atomic E-state index is -0.682. The molecule has 2 rings (SSSR count). The Morgan fingerprint density at radius 1 is 1.24 bits per heavy atom. The summed E-state index contributed by atoms with van der Waals surface area (Å²) < 4.78 is 4.95. The fourth-order valence-electron chi connectivity index (χ4n) is 1.87. The molecule has 0 aliphatic carbocycles. The van der Waals surface area contributed by atoms with E-state index < -0.39 is 11.9 Å². The van der Waals surface area contributed by atoms with Gasteiger partial charge in [0.25, 0.3) is 5.91 Å². The number of aryl methyl sites for hydroxylation is 1. The summed E-state index contributed by atoms with van der Waals surface area (Å²) in [6, 6.07) is 10.1. The highest BCUT2D eigenvalue weighted by Gasteiger charge is 2.15. The maximum Gasteiger partial charge on any atom is 0.356 e. The van der Waals surface area contributed by atoms with Gasteiger partial charge in [0, 0.05) is 17.5 Å². The number of halogens is 1. The Labute approximate surface area is 150 Å². The topological polar surface area (TPSA) is 93.2 Å². The molecule has 8 heteroatoms. The predicted octanol–water partition coefficient (Wildman–Crippen LogP) is 2.68. The third-order valence-corrected chi connectivity index (χ3v) is 3.14. The molecule has 0 aliphatic heterocycles. The first kappa shape index (κ1) is 18.4. The normalized spacial score (nSPS) is 10.9. The monoisotopic (exact) mass is 360 g/mol. The van der Waals surface area contributed by atoms with Crippen molar-refractivity contribution in [3.8, 4) is 0 Å². The fraction of sp³-hybridized carbons (Fsp3) is 0.176. The molecule has 1 aromatic carbocycles. The van der Waals surface area contributed by atoms with E-state index in [1.807, 2.05) is 0 Å². The molecule has 7 nitrogen and oxygen atoms in total. The summed E-state index contributed by atoms with van der Waals surface area (Å²) in [6.07, 6.45) is 1.27. The van der Waals surface area contributed by atoms with Gasteiger partial charge >= 0.3 is 5.97 Å². The smallest absolute Gasteiger partial charge is 0.356 e. The maximum absolute atomic E-state index is 12.2. The van der Waals surface area contributed by atoms with Gasteiger partial charge in [0.15, 0.2) is 0 Å². The summed E-state index contributed by atoms with van der Waals surface area (Å²) in [7, 11) is 0. The molecule has 1 amide bonds. The minimum Gasteiger partial charge on any atom is -0.461 e. The SMILES string of the molecule is CCOC(=O)/C(=C/Nc1nc(C)cc(Cl)n1)NC(=O)c1ccccc1. The van der Waals surface area contributed by atoms with E-state index in [4.69, 9.17) is 16.3 Å². The van der Waals surface area contributed by atoms with Gasteiger partial charge in [-0.25, -0.2) is 14.8 Å². The Kier molecular flexibility index (Phi) is 6.47. The second-order valence-corrected chi connectivity index (χ2v) is 5.29. The van der Waals surface area contributed by atoms with E-state index in [0.717, 1.165) is 0 Å². The molecule has 130 valence electrons. The number of hydrogen-bond donors (Lipinski definition) is 2. The first-order valence-electron chi connectivity index (χ1n) is 7.51. The van der Waals surface area contributed by atoms with Crippen LogP contribution in [-0.2, 0) is 9.53 Å². The largest absolute Gasteiger partial charge is 0.461 e. The summed E-state index contributed by atoms with van der Waals surface area (Å²) in [5.41, 5.74) is 0.992. The second kappa shape index (κ2) is 8.79. The Morgan fingerprint density at radius 3 is 2.60 bits per heavy atom. The van der Waals surface area contributed by atoms with Crippen LogP contribution in [0.2, 0.25) is 5.15 Å². The number of benzene rings is 1. The minimum absolute atomic E-state index is 0.0723. The van der Waals surface area contributed by atoms with E-state index in [-0.39, 0.29) is 23.4 Å². The van der Waals surface area contributed by atoms with E-state index in [2.05, 4.69) is 20.6 Å². The van der Waals surface area contributed by atoms with Crippen LogP contribution >= 0.6 is 11.6 Å². The van der Waals surface area contributed by atoms with Crippen molar-refractivity contribution in [1.29, 1.82) is 0 Å². The molecule has 0 radical (unpaired) electrons. The Balaban J connectivity index is 2.20. The molecule has 1 aromatic heterocycles. The van der Waals surface area contributed by atoms with Crippen molar-refractivity contribution < 1.29 is 14.3 Å². The molecule has 1 heterocycles. The lowest BCUT2D eigenvalue weighted by Crippen LogP contribution is -2.29. The molecule has 0 spiro atoms. The number of rotatable bonds is 6. The van der Waals surface area contributed by atoms with Crippen LogP contribution in [0.1, 0.15) is 23.0 Å². The third kappa shape index (κ3) is 5.58. The van der Waals surface area contributed by atoms with E-state index >= 15 is 0 Å². The number of carbonyl (C=O) groups excluding carboxylic acids is 2. The molecule has 2 aromatic rings. The summed E-state index contributed by atoms with van der Waals surface area (Å²) in [5, 5.41) is 5.51. The first-order valence-corrected chi connectivity index (χ1v) is 7.88. The van der Waals surface area contributed by atoms with Crippen LogP contribution in [0.5, 0.6) is 0 Å². The zero-order chi connectivity index (χ0) is 18.2. The van der Waals surface area contributed by atoms with Crippen molar-refractivity contribution in [1.82, 2.24) is 15.3 Å². The van der Waals surface area contributed by atoms with Crippen LogP contribution in [0.15, 0.2) is 48.3 Å². The van der Waals surface area contributed by atoms with Crippen LogP contribution in [0, 0.1) is 6.92 Å². The van der Waals surface area contributed by atoms with Crippen molar-refractivity contribution in [2.45, 2.75) is 13.8 Å². The molecule has 0 saturated carbocycles. The highest BCUT2D eigenvalue weighted by Crippen LogP contribution is 2.10. The highest BCUT2D eigenvalue weighted by molar-refractivity contribution is 6.29. The third-order valence-electron chi connectivity index (χ3n) is 2.95. The molecule has 0 aliphatic rings. The van der Waals surface area contributed by atoms with E-state index in [1.54, 1.807) is 50.2 Å². The number of hydrogen-bond acceptors (Lipinski definition) is 6. The number of nitrogens with zero attached hydrogens (tertiary/aromatic N) is 2. The Morgan fingerprint density at radius 2 is 1.96 bits per heavy atom. The van der Waals surface area contributed by atoms with Gasteiger partial charge in [0.2, 0.25) is 5.95 Å². The van der Waals surface area contributed by atoms with Crippen molar-refractivity contribution in [2.75, 3.05) is 11.9 Å². The Bertz CT molecular complexity index is 773. The number of esters is 1. The lowest BCUT2D eigenvalue weighted by Gasteiger charge is -2.10. The standard InChI is InChI=1S/C17H17ClN4O3/c1-3-25-16(24)13(21-15(23)12-7-5-4-6-8-12)10-19-17-20-11(2)9-14(18)22-17/h4-10H,3H2,1-2H3,(H,21,23)(H,19,20,22)/b13-10-. The lowest BCUT2D eigenvalue weighted by molar-refractivity contribution is -0.138. The van der Waals surface area contributed by atoms with Crippen molar-refractivity contribution >= 4 is 29.4 Å². The van der Waals surface area contributed by atoms with E-state index in [1.165, 1.54) is 6.20 Å². The molecular weight excluding hydrogens is 344 g/mol. The summed E-state index contributed by atoms with van der Waals surface area (Å²) in [6.45, 7) is 3.60. The molecule has 2 N–H and O–H groups in total. The van der Waals surface area contributed by atoms with Crippen LogP contribution in [-0.4, -0.2) is 28.5 Å². The molecule has 25 heavy (non-hydrogen) atoms. The van der Waals surface area contributed by atoms with Crippen LogP contribution in [0.3, 0.4) is 0 Å². The van der Waals surface area contributed by atoms with Crippen LogP contribution < -0.4 is 10.6 Å². The maximum atomic E-state index is 12.2. The predicted molar refractivity (Wildman–Crippen MR) is 94.0 cm³/mol. The number of anilines is 1. The van der Waals surface area contributed by atoms with Gasteiger partial charge in [0.1, 0.15) is 10.9 Å². The number of carbonyl (C=O) groups is 2. The number of nitrogens with one attached hydrogen (secondary N) is 2. The van der Waals surface area contributed by atoms with Gasteiger partial charge in [-0.15, -0.1) is 0 Å². The molecule has 0 saturated heterocycles. The van der Waals surface area contributed by atoms with E-state index in [9.17, 15) is 9.59 Å². The highest BCUT2D eigenvalue weighted by atomic mass is 35.5. The number of ether oxygens (including phenoxy) is 1. The second-order valence-electron chi connectivity index (χ2n) is 4.90. The van der Waals surface area contributed by atoms with Crippen molar-refractivity contribution in [2.24, 2.45) is 0 Å². The van der Waals surface area contributed by atoms with Gasteiger partial charge in [-0.1, -0.05) is 29.8 Å². The molecule has 0 unspecified atom stereocenters. The average Bonchev–Trinajstić information content (AvgIpc) is 2.58. The van der Waals surface area contributed by atoms with Gasteiger partial charge < -0.3 is 15.4 Å². The molecule has 0 bridgehead atoms. The van der Waals surface area contributed by atoms with Gasteiger partial charge in [-0.3, -0.25) is 4.79 Å². The van der Waals surface area contributed by atoms with Crippen molar-refractivity contribution in [3.63, 3.8) is 0 Å². The molecular formula is C17H17ClN4O3. The average molecular weight is 361 g/mol. The summed E-state index contributed by atoms with van der Waals surface area (Å²) in [5.74, 6) is -0.927. The first-order chi connectivity index (χ1) is 12.0. The van der Waals surface area contributed by atoms with Gasteiger partial charge in [0.05, 0.1) is 6.61 Å². The number of aromatic nitrogens is 2. The zero-order valence-electron chi connectivity index (χ0n) is 13.7. The van der Waals surface area contributed by atoms with Crippen LogP contribution in [0.4, 0.5) is 5.95 Å². The fourth-order valence-corrected chi connectivity index (χ4v) is 2.11. The molecule has 0 atom stereocenters. The van der Waals surface area contributed by atoms with Crippen LogP contribution in [0.25, 0.3) is 0 Å². The number of amides is 1. The van der Waals surface area contributed by atoms with Gasteiger partial charge in [-0.05, 0) is 32.0 Å². The summed E-state index contributed by atoms with van der Waals surface area (Å²) >= 11 is 5.87. The molecule has 0 fully saturated rings. The van der Waals surface area contributed by atoms with Crippen molar-refractivity contribution in [3.05, 3.63) is 64.7 Å². The van der Waals surface area contributed by atoms with E-state index in [0.29, 0.717) is 11.3 Å². The van der Waals surface area contributed by atoms with Gasteiger partial charge in [-0.2, -0.15) is 0 Å². The lowest BCUT2D eigenvalue weighted by atomic mass is 10.2. The Hall–Kier alpha value is -2.93.